The maximum absolute atomic E-state index is 10.9. The van der Waals surface area contributed by atoms with Gasteiger partial charge in [0.2, 0.25) is 0 Å². The van der Waals surface area contributed by atoms with E-state index in [1.54, 1.807) is 13.0 Å². The standard InChI is InChI=1S/C15H16N2O2/c1-11-5-3-7-14(9-11)16-10-13-6-4-8-15(12(13)2)17(18)19/h3-9,16H,10H2,1-2H3. The average molecular weight is 256 g/mol. The van der Waals surface area contributed by atoms with Crippen molar-refractivity contribution in [2.45, 2.75) is 20.4 Å². The van der Waals surface area contributed by atoms with Crippen LogP contribution in [0.25, 0.3) is 0 Å². The summed E-state index contributed by atoms with van der Waals surface area (Å²) >= 11 is 0. The molecule has 1 N–H and O–H groups in total. The van der Waals surface area contributed by atoms with E-state index in [-0.39, 0.29) is 10.6 Å². The zero-order valence-corrected chi connectivity index (χ0v) is 11.0. The van der Waals surface area contributed by atoms with Crippen molar-refractivity contribution in [3.8, 4) is 0 Å². The smallest absolute Gasteiger partial charge is 0.272 e. The van der Waals surface area contributed by atoms with Gasteiger partial charge < -0.3 is 5.32 Å². The highest BCUT2D eigenvalue weighted by Gasteiger charge is 2.12. The molecule has 0 heterocycles. The summed E-state index contributed by atoms with van der Waals surface area (Å²) in [5.74, 6) is 0. The van der Waals surface area contributed by atoms with E-state index in [0.29, 0.717) is 12.1 Å². The number of nitro groups is 1. The topological polar surface area (TPSA) is 55.2 Å². The number of nitro benzene ring substituents is 1. The number of rotatable bonds is 4. The van der Waals surface area contributed by atoms with Gasteiger partial charge in [-0.15, -0.1) is 0 Å². The lowest BCUT2D eigenvalue weighted by molar-refractivity contribution is -0.385. The van der Waals surface area contributed by atoms with Crippen LogP contribution in [-0.2, 0) is 6.54 Å². The zero-order valence-electron chi connectivity index (χ0n) is 11.0. The van der Waals surface area contributed by atoms with Crippen LogP contribution in [0.4, 0.5) is 11.4 Å². The lowest BCUT2D eigenvalue weighted by Gasteiger charge is -2.09. The Kier molecular flexibility index (Phi) is 3.80. The molecule has 19 heavy (non-hydrogen) atoms. The van der Waals surface area contributed by atoms with Crippen molar-refractivity contribution in [3.05, 3.63) is 69.3 Å². The minimum atomic E-state index is -0.342. The highest BCUT2D eigenvalue weighted by Crippen LogP contribution is 2.22. The fourth-order valence-corrected chi connectivity index (χ4v) is 2.01. The van der Waals surface area contributed by atoms with E-state index in [9.17, 15) is 10.1 Å². The van der Waals surface area contributed by atoms with Crippen molar-refractivity contribution in [1.29, 1.82) is 0 Å². The van der Waals surface area contributed by atoms with Gasteiger partial charge in [-0.05, 0) is 37.1 Å². The fraction of sp³-hybridized carbons (Fsp3) is 0.200. The van der Waals surface area contributed by atoms with Crippen LogP contribution >= 0.6 is 0 Å². The first-order valence-electron chi connectivity index (χ1n) is 6.11. The third-order valence-corrected chi connectivity index (χ3v) is 3.12. The highest BCUT2D eigenvalue weighted by atomic mass is 16.6. The average Bonchev–Trinajstić information content (AvgIpc) is 2.37. The van der Waals surface area contributed by atoms with Gasteiger partial charge in [0.15, 0.2) is 0 Å². The van der Waals surface area contributed by atoms with Gasteiger partial charge in [0.1, 0.15) is 0 Å². The Morgan fingerprint density at radius 3 is 2.58 bits per heavy atom. The van der Waals surface area contributed by atoms with E-state index in [0.717, 1.165) is 11.3 Å². The second-order valence-corrected chi connectivity index (χ2v) is 4.54. The number of benzene rings is 2. The summed E-state index contributed by atoms with van der Waals surface area (Å²) in [5.41, 5.74) is 4.03. The molecular formula is C15H16N2O2. The first-order valence-corrected chi connectivity index (χ1v) is 6.11. The van der Waals surface area contributed by atoms with Crippen LogP contribution in [0, 0.1) is 24.0 Å². The summed E-state index contributed by atoms with van der Waals surface area (Å²) in [6.45, 7) is 4.39. The molecule has 98 valence electrons. The summed E-state index contributed by atoms with van der Waals surface area (Å²) < 4.78 is 0. The first kappa shape index (κ1) is 13.1. The molecular weight excluding hydrogens is 240 g/mol. The minimum Gasteiger partial charge on any atom is -0.381 e. The van der Waals surface area contributed by atoms with Crippen LogP contribution in [-0.4, -0.2) is 4.92 Å². The van der Waals surface area contributed by atoms with Crippen LogP contribution in [0.5, 0.6) is 0 Å². The van der Waals surface area contributed by atoms with Gasteiger partial charge in [0, 0.05) is 23.9 Å². The molecule has 0 unspecified atom stereocenters. The predicted octanol–water partition coefficient (Wildman–Crippen LogP) is 3.82. The van der Waals surface area contributed by atoms with Crippen molar-refractivity contribution in [1.82, 2.24) is 0 Å². The number of nitrogens with zero attached hydrogens (tertiary/aromatic N) is 1. The highest BCUT2D eigenvalue weighted by molar-refractivity contribution is 5.49. The van der Waals surface area contributed by atoms with Crippen LogP contribution in [0.1, 0.15) is 16.7 Å². The van der Waals surface area contributed by atoms with Crippen molar-refractivity contribution in [2.24, 2.45) is 0 Å². The van der Waals surface area contributed by atoms with Crippen molar-refractivity contribution in [3.63, 3.8) is 0 Å². The molecule has 0 atom stereocenters. The van der Waals surface area contributed by atoms with Gasteiger partial charge in [0.05, 0.1) is 4.92 Å². The Morgan fingerprint density at radius 2 is 1.89 bits per heavy atom. The van der Waals surface area contributed by atoms with Gasteiger partial charge in [0.25, 0.3) is 5.69 Å². The SMILES string of the molecule is Cc1cccc(NCc2cccc([N+](=O)[O-])c2C)c1. The normalized spacial score (nSPS) is 10.2. The second-order valence-electron chi connectivity index (χ2n) is 4.54. The third-order valence-electron chi connectivity index (χ3n) is 3.12. The first-order chi connectivity index (χ1) is 9.08. The van der Waals surface area contributed by atoms with E-state index in [4.69, 9.17) is 0 Å². The Labute approximate surface area is 112 Å². The molecule has 0 aliphatic carbocycles. The Bertz CT molecular complexity index is 609. The summed E-state index contributed by atoms with van der Waals surface area (Å²) in [6, 6.07) is 13.2. The van der Waals surface area contributed by atoms with E-state index in [2.05, 4.69) is 5.32 Å². The molecule has 0 fully saturated rings. The molecule has 2 aromatic rings. The Hall–Kier alpha value is -2.36. The van der Waals surface area contributed by atoms with E-state index >= 15 is 0 Å². The van der Waals surface area contributed by atoms with Crippen LogP contribution in [0.3, 0.4) is 0 Å². The molecule has 0 aliphatic rings. The maximum atomic E-state index is 10.9. The molecule has 0 saturated carbocycles. The summed E-state index contributed by atoms with van der Waals surface area (Å²) in [7, 11) is 0. The predicted molar refractivity (Wildman–Crippen MR) is 76.3 cm³/mol. The fourth-order valence-electron chi connectivity index (χ4n) is 2.01. The molecule has 4 heteroatoms. The molecule has 2 aromatic carbocycles. The third kappa shape index (κ3) is 3.10. The number of anilines is 1. The zero-order chi connectivity index (χ0) is 13.8. The number of hydrogen-bond donors (Lipinski definition) is 1. The Balaban J connectivity index is 2.16. The van der Waals surface area contributed by atoms with Gasteiger partial charge >= 0.3 is 0 Å². The molecule has 0 spiro atoms. The monoisotopic (exact) mass is 256 g/mol. The molecule has 0 radical (unpaired) electrons. The largest absolute Gasteiger partial charge is 0.381 e. The van der Waals surface area contributed by atoms with Crippen LogP contribution < -0.4 is 5.32 Å². The van der Waals surface area contributed by atoms with E-state index < -0.39 is 0 Å². The molecule has 0 saturated heterocycles. The number of aryl methyl sites for hydroxylation is 1. The van der Waals surface area contributed by atoms with Crippen LogP contribution in [0.2, 0.25) is 0 Å². The Morgan fingerprint density at radius 1 is 1.16 bits per heavy atom. The van der Waals surface area contributed by atoms with Crippen LogP contribution in [0.15, 0.2) is 42.5 Å². The summed E-state index contributed by atoms with van der Waals surface area (Å²) in [4.78, 5) is 10.5. The van der Waals surface area contributed by atoms with Crippen molar-refractivity contribution < 1.29 is 4.92 Å². The summed E-state index contributed by atoms with van der Waals surface area (Å²) in [5, 5.41) is 14.2. The van der Waals surface area contributed by atoms with Gasteiger partial charge in [-0.2, -0.15) is 0 Å². The van der Waals surface area contributed by atoms with E-state index in [1.807, 2.05) is 37.3 Å². The molecule has 0 aliphatic heterocycles. The van der Waals surface area contributed by atoms with Gasteiger partial charge in [-0.1, -0.05) is 24.3 Å². The quantitative estimate of drug-likeness (QED) is 0.668. The van der Waals surface area contributed by atoms with Crippen molar-refractivity contribution in [2.75, 3.05) is 5.32 Å². The molecule has 0 aromatic heterocycles. The molecule has 0 bridgehead atoms. The van der Waals surface area contributed by atoms with Gasteiger partial charge in [-0.25, -0.2) is 0 Å². The summed E-state index contributed by atoms with van der Waals surface area (Å²) in [6.07, 6.45) is 0. The van der Waals surface area contributed by atoms with E-state index in [1.165, 1.54) is 11.6 Å². The lowest BCUT2D eigenvalue weighted by Crippen LogP contribution is -2.03. The molecule has 4 nitrogen and oxygen atoms in total. The van der Waals surface area contributed by atoms with Gasteiger partial charge in [-0.3, -0.25) is 10.1 Å². The number of nitrogens with one attached hydrogen (secondary N) is 1. The molecule has 2 rings (SSSR count). The molecule has 0 amide bonds. The van der Waals surface area contributed by atoms with Crippen molar-refractivity contribution >= 4 is 11.4 Å². The maximum Gasteiger partial charge on any atom is 0.272 e. The lowest BCUT2D eigenvalue weighted by atomic mass is 10.1. The minimum absolute atomic E-state index is 0.170. The number of hydrogen-bond acceptors (Lipinski definition) is 3. The second kappa shape index (κ2) is 5.52.